The number of nitrogens with zero attached hydrogens (tertiary/aromatic N) is 2. The molecule has 0 N–H and O–H groups in total. The van der Waals surface area contributed by atoms with Crippen molar-refractivity contribution >= 4 is 45.5 Å². The van der Waals surface area contributed by atoms with E-state index in [-0.39, 0.29) is 0 Å². The molecule has 0 aliphatic carbocycles. The summed E-state index contributed by atoms with van der Waals surface area (Å²) in [6.45, 7) is 1.99. The third-order valence-electron chi connectivity index (χ3n) is 1.90. The molecule has 0 saturated heterocycles. The van der Waals surface area contributed by atoms with Gasteiger partial charge in [0.2, 0.25) is 0 Å². The molecule has 0 fully saturated rings. The van der Waals surface area contributed by atoms with Crippen LogP contribution >= 0.6 is 45.5 Å². The van der Waals surface area contributed by atoms with E-state index in [4.69, 9.17) is 11.6 Å². The fourth-order valence-electron chi connectivity index (χ4n) is 1.15. The number of rotatable bonds is 1. The van der Waals surface area contributed by atoms with E-state index in [1.807, 2.05) is 25.1 Å². The Labute approximate surface area is 104 Å². The average molecular weight is 337 g/mol. The topological polar surface area (TPSA) is 25.8 Å². The minimum Gasteiger partial charge on any atom is -0.137 e. The van der Waals surface area contributed by atoms with Gasteiger partial charge in [-0.3, -0.25) is 0 Å². The molecule has 0 spiro atoms. The standard InChI is InChI=1S/C9H6ClIN2S/c1-5-6(3-2-4-7(5)10)8-12-13-9(11)14-8/h2-4H,1H3. The summed E-state index contributed by atoms with van der Waals surface area (Å²) in [4.78, 5) is 0. The fourth-order valence-corrected chi connectivity index (χ4v) is 2.72. The van der Waals surface area contributed by atoms with Gasteiger partial charge in [-0.25, -0.2) is 0 Å². The van der Waals surface area contributed by atoms with Crippen LogP contribution < -0.4 is 0 Å². The highest BCUT2D eigenvalue weighted by molar-refractivity contribution is 14.1. The predicted octanol–water partition coefficient (Wildman–Crippen LogP) is 3.77. The maximum absolute atomic E-state index is 6.03. The maximum atomic E-state index is 6.03. The molecule has 0 aliphatic rings. The van der Waals surface area contributed by atoms with Crippen LogP contribution in [0.2, 0.25) is 5.02 Å². The first-order chi connectivity index (χ1) is 6.68. The molecular formula is C9H6ClIN2S. The molecule has 5 heteroatoms. The highest BCUT2D eigenvalue weighted by atomic mass is 127. The van der Waals surface area contributed by atoms with Crippen molar-refractivity contribution < 1.29 is 0 Å². The molecule has 0 atom stereocenters. The fraction of sp³-hybridized carbons (Fsp3) is 0.111. The van der Waals surface area contributed by atoms with Crippen molar-refractivity contribution in [3.8, 4) is 10.6 Å². The van der Waals surface area contributed by atoms with Crippen molar-refractivity contribution in [2.24, 2.45) is 0 Å². The van der Waals surface area contributed by atoms with Gasteiger partial charge >= 0.3 is 0 Å². The molecule has 2 nitrogen and oxygen atoms in total. The number of benzene rings is 1. The van der Waals surface area contributed by atoms with E-state index < -0.39 is 0 Å². The summed E-state index contributed by atoms with van der Waals surface area (Å²) in [7, 11) is 0. The molecule has 0 unspecified atom stereocenters. The minimum atomic E-state index is 0.771. The predicted molar refractivity (Wildman–Crippen MR) is 67.8 cm³/mol. The molecule has 0 aliphatic heterocycles. The molecule has 1 aromatic heterocycles. The normalized spacial score (nSPS) is 10.5. The van der Waals surface area contributed by atoms with Crippen LogP contribution in [0.4, 0.5) is 0 Å². The van der Waals surface area contributed by atoms with Gasteiger partial charge in [0.15, 0.2) is 3.01 Å². The van der Waals surface area contributed by atoms with Crippen molar-refractivity contribution in [3.05, 3.63) is 31.8 Å². The van der Waals surface area contributed by atoms with Crippen LogP contribution in [0.25, 0.3) is 10.6 Å². The van der Waals surface area contributed by atoms with E-state index in [2.05, 4.69) is 32.8 Å². The Balaban J connectivity index is 2.57. The molecule has 2 rings (SSSR count). The van der Waals surface area contributed by atoms with Crippen LogP contribution in [0, 0.1) is 9.94 Å². The molecule has 0 bridgehead atoms. The summed E-state index contributed by atoms with van der Waals surface area (Å²) in [5.74, 6) is 0. The lowest BCUT2D eigenvalue weighted by molar-refractivity contribution is 1.07. The van der Waals surface area contributed by atoms with Crippen molar-refractivity contribution in [2.45, 2.75) is 6.92 Å². The highest BCUT2D eigenvalue weighted by Crippen LogP contribution is 2.30. The third-order valence-corrected chi connectivity index (χ3v) is 3.93. The first-order valence-corrected chi connectivity index (χ1v) is 6.20. The quantitative estimate of drug-likeness (QED) is 0.741. The lowest BCUT2D eigenvalue weighted by Crippen LogP contribution is -1.83. The molecular weight excluding hydrogens is 331 g/mol. The van der Waals surface area contributed by atoms with E-state index in [1.165, 1.54) is 0 Å². The molecule has 72 valence electrons. The van der Waals surface area contributed by atoms with E-state index in [0.29, 0.717) is 0 Å². The Morgan fingerprint density at radius 1 is 1.36 bits per heavy atom. The summed E-state index contributed by atoms with van der Waals surface area (Å²) in [6, 6.07) is 5.82. The van der Waals surface area contributed by atoms with Crippen LogP contribution in [0.15, 0.2) is 18.2 Å². The second-order valence-corrected chi connectivity index (χ2v) is 5.91. The van der Waals surface area contributed by atoms with Gasteiger partial charge in [-0.05, 0) is 41.1 Å². The van der Waals surface area contributed by atoms with Crippen molar-refractivity contribution in [2.75, 3.05) is 0 Å². The zero-order valence-corrected chi connectivity index (χ0v) is 11.0. The minimum absolute atomic E-state index is 0.771. The first kappa shape index (κ1) is 10.3. The van der Waals surface area contributed by atoms with Crippen LogP contribution in [0.3, 0.4) is 0 Å². The van der Waals surface area contributed by atoms with Crippen LogP contribution in [-0.4, -0.2) is 10.2 Å². The summed E-state index contributed by atoms with van der Waals surface area (Å²) in [5, 5.41) is 9.76. The van der Waals surface area contributed by atoms with E-state index in [9.17, 15) is 0 Å². The molecule has 0 amide bonds. The van der Waals surface area contributed by atoms with E-state index >= 15 is 0 Å². The van der Waals surface area contributed by atoms with Crippen molar-refractivity contribution in [3.63, 3.8) is 0 Å². The zero-order chi connectivity index (χ0) is 10.1. The van der Waals surface area contributed by atoms with E-state index in [1.54, 1.807) is 11.3 Å². The number of aromatic nitrogens is 2. The van der Waals surface area contributed by atoms with Gasteiger partial charge in [0, 0.05) is 10.6 Å². The van der Waals surface area contributed by atoms with Gasteiger partial charge in [-0.2, -0.15) is 0 Å². The summed E-state index contributed by atoms with van der Waals surface area (Å²) < 4.78 is 0.942. The smallest absolute Gasteiger partial charge is 0.137 e. The van der Waals surface area contributed by atoms with Crippen LogP contribution in [0.5, 0.6) is 0 Å². The van der Waals surface area contributed by atoms with Crippen LogP contribution in [0.1, 0.15) is 5.56 Å². The molecule has 0 saturated carbocycles. The van der Waals surface area contributed by atoms with E-state index in [0.717, 1.165) is 24.2 Å². The Kier molecular flexibility index (Phi) is 3.04. The zero-order valence-electron chi connectivity index (χ0n) is 7.29. The van der Waals surface area contributed by atoms with Crippen molar-refractivity contribution in [1.29, 1.82) is 0 Å². The maximum Gasteiger partial charge on any atom is 0.178 e. The second kappa shape index (κ2) is 4.12. The Bertz CT molecular complexity index is 470. The lowest BCUT2D eigenvalue weighted by atomic mass is 10.1. The Morgan fingerprint density at radius 3 is 2.79 bits per heavy atom. The Hall–Kier alpha value is -0.200. The summed E-state index contributed by atoms with van der Waals surface area (Å²) >= 11 is 9.75. The molecule has 14 heavy (non-hydrogen) atoms. The van der Waals surface area contributed by atoms with Gasteiger partial charge in [0.1, 0.15) is 5.01 Å². The SMILES string of the molecule is Cc1c(Cl)cccc1-c1nnc(I)s1. The largest absolute Gasteiger partial charge is 0.178 e. The summed E-state index contributed by atoms with van der Waals surface area (Å²) in [6.07, 6.45) is 0. The molecule has 0 radical (unpaired) electrons. The van der Waals surface area contributed by atoms with Crippen LogP contribution in [-0.2, 0) is 0 Å². The second-order valence-electron chi connectivity index (χ2n) is 2.77. The van der Waals surface area contributed by atoms with Gasteiger partial charge in [-0.1, -0.05) is 35.1 Å². The summed E-state index contributed by atoms with van der Waals surface area (Å²) in [5.41, 5.74) is 2.12. The lowest BCUT2D eigenvalue weighted by Gasteiger charge is -2.02. The third kappa shape index (κ3) is 1.92. The molecule has 2 aromatic rings. The van der Waals surface area contributed by atoms with Gasteiger partial charge < -0.3 is 0 Å². The van der Waals surface area contributed by atoms with Gasteiger partial charge in [0.25, 0.3) is 0 Å². The molecule has 1 aromatic carbocycles. The van der Waals surface area contributed by atoms with Crippen molar-refractivity contribution in [1.82, 2.24) is 10.2 Å². The van der Waals surface area contributed by atoms with Gasteiger partial charge in [-0.15, -0.1) is 10.2 Å². The Morgan fingerprint density at radius 2 is 2.14 bits per heavy atom. The highest BCUT2D eigenvalue weighted by Gasteiger charge is 2.08. The molecule has 1 heterocycles. The number of hydrogen-bond donors (Lipinski definition) is 0. The number of hydrogen-bond acceptors (Lipinski definition) is 3. The number of halogens is 2. The van der Waals surface area contributed by atoms with Gasteiger partial charge in [0.05, 0.1) is 0 Å². The average Bonchev–Trinajstić information content (AvgIpc) is 2.57. The monoisotopic (exact) mass is 336 g/mol. The first-order valence-electron chi connectivity index (χ1n) is 3.93.